The standard InChI is InChI=1S/C21H27N3O3/c25-21(24-5-8-26-9-6-24)20-12-15-11-18(2-3-19(15)22-20)27-7-1-4-23-13-16-10-17(16)14-23/h2-3,11-12,16-17,22H,1,4-10,13-14H2. The number of likely N-dealkylation sites (tertiary alicyclic amines) is 1. The predicted octanol–water partition coefficient (Wildman–Crippen LogP) is 2.36. The van der Waals surface area contributed by atoms with E-state index in [2.05, 4.69) is 9.88 Å². The monoisotopic (exact) mass is 369 g/mol. The molecule has 6 heteroatoms. The van der Waals surface area contributed by atoms with Gasteiger partial charge >= 0.3 is 0 Å². The van der Waals surface area contributed by atoms with Crippen molar-refractivity contribution in [2.75, 3.05) is 52.5 Å². The molecule has 5 rings (SSSR count). The van der Waals surface area contributed by atoms with Crippen LogP contribution >= 0.6 is 0 Å². The molecule has 1 saturated carbocycles. The highest BCUT2D eigenvalue weighted by molar-refractivity contribution is 5.98. The molecule has 2 atom stereocenters. The van der Waals surface area contributed by atoms with E-state index in [1.54, 1.807) is 0 Å². The van der Waals surface area contributed by atoms with Gasteiger partial charge in [0.05, 0.1) is 19.8 Å². The zero-order valence-corrected chi connectivity index (χ0v) is 15.7. The van der Waals surface area contributed by atoms with Crippen molar-refractivity contribution in [1.29, 1.82) is 0 Å². The summed E-state index contributed by atoms with van der Waals surface area (Å²) in [7, 11) is 0. The van der Waals surface area contributed by atoms with Crippen LogP contribution in [0.1, 0.15) is 23.3 Å². The number of hydrogen-bond donors (Lipinski definition) is 1. The summed E-state index contributed by atoms with van der Waals surface area (Å²) < 4.78 is 11.3. The number of fused-ring (bicyclic) bond motifs is 2. The van der Waals surface area contributed by atoms with Gasteiger partial charge in [-0.3, -0.25) is 4.79 Å². The Bertz CT molecular complexity index is 817. The maximum atomic E-state index is 12.6. The first-order valence-electron chi connectivity index (χ1n) is 10.1. The molecule has 1 aromatic carbocycles. The summed E-state index contributed by atoms with van der Waals surface area (Å²) in [6.45, 7) is 6.99. The van der Waals surface area contributed by atoms with Crippen LogP contribution in [0.2, 0.25) is 0 Å². The average Bonchev–Trinajstić information content (AvgIpc) is 3.12. The molecule has 1 amide bonds. The molecule has 3 fully saturated rings. The van der Waals surface area contributed by atoms with E-state index in [1.807, 2.05) is 29.2 Å². The summed E-state index contributed by atoms with van der Waals surface area (Å²) in [4.78, 5) is 20.3. The van der Waals surface area contributed by atoms with Crippen LogP contribution in [0.3, 0.4) is 0 Å². The van der Waals surface area contributed by atoms with Gasteiger partial charge in [-0.1, -0.05) is 0 Å². The molecule has 0 spiro atoms. The van der Waals surface area contributed by atoms with Crippen molar-refractivity contribution in [2.24, 2.45) is 11.8 Å². The highest BCUT2D eigenvalue weighted by Gasteiger charge is 2.44. The lowest BCUT2D eigenvalue weighted by Gasteiger charge is -2.26. The number of nitrogens with one attached hydrogen (secondary N) is 1. The Morgan fingerprint density at radius 3 is 2.81 bits per heavy atom. The second-order valence-corrected chi connectivity index (χ2v) is 8.05. The van der Waals surface area contributed by atoms with Gasteiger partial charge in [-0.25, -0.2) is 0 Å². The fourth-order valence-corrected chi connectivity index (χ4v) is 4.41. The fraction of sp³-hybridized carbons (Fsp3) is 0.571. The number of hydrogen-bond acceptors (Lipinski definition) is 4. The van der Waals surface area contributed by atoms with Crippen molar-refractivity contribution >= 4 is 16.8 Å². The molecular formula is C21H27N3O3. The number of benzene rings is 1. The first kappa shape index (κ1) is 17.1. The van der Waals surface area contributed by atoms with E-state index in [9.17, 15) is 4.79 Å². The maximum absolute atomic E-state index is 12.6. The molecule has 6 nitrogen and oxygen atoms in total. The van der Waals surface area contributed by atoms with Crippen LogP contribution in [0.15, 0.2) is 24.3 Å². The number of morpholine rings is 1. The Labute approximate surface area is 159 Å². The van der Waals surface area contributed by atoms with Crippen molar-refractivity contribution in [3.8, 4) is 5.75 Å². The number of carbonyl (C=O) groups excluding carboxylic acids is 1. The third-order valence-corrected chi connectivity index (χ3v) is 6.06. The molecule has 2 unspecified atom stereocenters. The van der Waals surface area contributed by atoms with Gasteiger partial charge < -0.3 is 24.3 Å². The van der Waals surface area contributed by atoms with Crippen molar-refractivity contribution in [3.05, 3.63) is 30.0 Å². The highest BCUT2D eigenvalue weighted by Crippen LogP contribution is 2.44. The quantitative estimate of drug-likeness (QED) is 0.794. The molecular weight excluding hydrogens is 342 g/mol. The van der Waals surface area contributed by atoms with Crippen molar-refractivity contribution < 1.29 is 14.3 Å². The number of amides is 1. The van der Waals surface area contributed by atoms with Gasteiger partial charge in [0.2, 0.25) is 0 Å². The molecule has 1 aromatic heterocycles. The van der Waals surface area contributed by atoms with Gasteiger partial charge in [0.25, 0.3) is 5.91 Å². The van der Waals surface area contributed by atoms with Gasteiger partial charge in [-0.2, -0.15) is 0 Å². The third-order valence-electron chi connectivity index (χ3n) is 6.06. The number of carbonyl (C=O) groups is 1. The fourth-order valence-electron chi connectivity index (χ4n) is 4.41. The molecule has 3 heterocycles. The van der Waals surface area contributed by atoms with E-state index in [4.69, 9.17) is 9.47 Å². The first-order chi connectivity index (χ1) is 13.3. The second kappa shape index (κ2) is 7.17. The minimum Gasteiger partial charge on any atom is -0.494 e. The number of rotatable bonds is 6. The molecule has 27 heavy (non-hydrogen) atoms. The topological polar surface area (TPSA) is 57.8 Å². The van der Waals surface area contributed by atoms with Crippen LogP contribution in [0.5, 0.6) is 5.75 Å². The Balaban J connectivity index is 1.16. The van der Waals surface area contributed by atoms with Gasteiger partial charge in [0.15, 0.2) is 0 Å². The number of aromatic amines is 1. The predicted molar refractivity (Wildman–Crippen MR) is 103 cm³/mol. The summed E-state index contributed by atoms with van der Waals surface area (Å²) in [6, 6.07) is 7.92. The molecule has 144 valence electrons. The van der Waals surface area contributed by atoms with Gasteiger partial charge in [-0.15, -0.1) is 0 Å². The Morgan fingerprint density at radius 2 is 2.00 bits per heavy atom. The summed E-state index contributed by atoms with van der Waals surface area (Å²) >= 11 is 0. The van der Waals surface area contributed by atoms with Crippen molar-refractivity contribution in [2.45, 2.75) is 12.8 Å². The van der Waals surface area contributed by atoms with E-state index >= 15 is 0 Å². The van der Waals surface area contributed by atoms with Crippen molar-refractivity contribution in [3.63, 3.8) is 0 Å². The lowest BCUT2D eigenvalue weighted by Crippen LogP contribution is -2.40. The maximum Gasteiger partial charge on any atom is 0.270 e. The molecule has 2 saturated heterocycles. The van der Waals surface area contributed by atoms with Gasteiger partial charge in [0, 0.05) is 43.6 Å². The van der Waals surface area contributed by atoms with Crippen LogP contribution in [0.25, 0.3) is 10.9 Å². The van der Waals surface area contributed by atoms with Crippen LogP contribution in [-0.2, 0) is 4.74 Å². The molecule has 1 N–H and O–H groups in total. The Morgan fingerprint density at radius 1 is 1.19 bits per heavy atom. The SMILES string of the molecule is O=C(c1cc2cc(OCCCN3CC4CC4C3)ccc2[nH]1)N1CCOCC1. The number of piperidine rings is 1. The minimum atomic E-state index is 0.0423. The highest BCUT2D eigenvalue weighted by atomic mass is 16.5. The lowest BCUT2D eigenvalue weighted by atomic mass is 10.2. The summed E-state index contributed by atoms with van der Waals surface area (Å²) in [5.74, 6) is 2.91. The number of nitrogens with zero attached hydrogens (tertiary/aromatic N) is 2. The Hall–Kier alpha value is -2.05. The number of aromatic nitrogens is 1. The molecule has 2 aliphatic heterocycles. The van der Waals surface area contributed by atoms with E-state index < -0.39 is 0 Å². The van der Waals surface area contributed by atoms with Crippen LogP contribution in [-0.4, -0.2) is 73.2 Å². The lowest BCUT2D eigenvalue weighted by molar-refractivity contribution is 0.0299. The van der Waals surface area contributed by atoms with Gasteiger partial charge in [-0.05, 0) is 48.9 Å². The smallest absolute Gasteiger partial charge is 0.270 e. The summed E-state index contributed by atoms with van der Waals surface area (Å²) in [5, 5.41) is 1.02. The molecule has 2 aromatic rings. The molecule has 0 radical (unpaired) electrons. The average molecular weight is 369 g/mol. The number of ether oxygens (including phenoxy) is 2. The third kappa shape index (κ3) is 3.69. The summed E-state index contributed by atoms with van der Waals surface area (Å²) in [6.07, 6.45) is 2.52. The molecule has 3 aliphatic rings. The summed E-state index contributed by atoms with van der Waals surface area (Å²) in [5.41, 5.74) is 1.60. The molecule has 1 aliphatic carbocycles. The Kier molecular flexibility index (Phi) is 4.53. The van der Waals surface area contributed by atoms with Crippen LogP contribution in [0.4, 0.5) is 0 Å². The van der Waals surface area contributed by atoms with E-state index in [0.29, 0.717) is 32.0 Å². The first-order valence-corrected chi connectivity index (χ1v) is 10.1. The van der Waals surface area contributed by atoms with Crippen molar-refractivity contribution in [1.82, 2.24) is 14.8 Å². The molecule has 0 bridgehead atoms. The normalized spacial score (nSPS) is 25.0. The zero-order valence-electron chi connectivity index (χ0n) is 15.7. The van der Waals surface area contributed by atoms with Crippen LogP contribution < -0.4 is 4.74 Å². The van der Waals surface area contributed by atoms with E-state index in [0.717, 1.165) is 48.1 Å². The van der Waals surface area contributed by atoms with Crippen LogP contribution in [0, 0.1) is 11.8 Å². The van der Waals surface area contributed by atoms with E-state index in [-0.39, 0.29) is 5.91 Å². The number of H-pyrrole nitrogens is 1. The minimum absolute atomic E-state index is 0.0423. The second-order valence-electron chi connectivity index (χ2n) is 8.05. The zero-order chi connectivity index (χ0) is 18.2. The largest absolute Gasteiger partial charge is 0.494 e. The van der Waals surface area contributed by atoms with Gasteiger partial charge in [0.1, 0.15) is 11.4 Å². The van der Waals surface area contributed by atoms with E-state index in [1.165, 1.54) is 19.5 Å².